The lowest BCUT2D eigenvalue weighted by Gasteiger charge is -2.38. The maximum absolute atomic E-state index is 10.7. The van der Waals surface area contributed by atoms with Crippen molar-refractivity contribution in [3.8, 4) is 0 Å². The van der Waals surface area contributed by atoms with Crippen molar-refractivity contribution in [3.05, 3.63) is 34.0 Å². The summed E-state index contributed by atoms with van der Waals surface area (Å²) in [6.45, 7) is 4.72. The third-order valence-electron chi connectivity index (χ3n) is 4.82. The normalized spacial score (nSPS) is 28.7. The highest BCUT2D eigenvalue weighted by Crippen LogP contribution is 2.25. The van der Waals surface area contributed by atoms with Crippen LogP contribution >= 0.6 is 0 Å². The largest absolute Gasteiger partial charge is 0.372 e. The summed E-state index contributed by atoms with van der Waals surface area (Å²) < 4.78 is 0. The Morgan fingerprint density at radius 2 is 1.85 bits per heavy atom. The lowest BCUT2D eigenvalue weighted by molar-refractivity contribution is -0.508. The molecular weight excluding hydrogens is 254 g/mol. The van der Waals surface area contributed by atoms with Crippen molar-refractivity contribution in [2.45, 2.75) is 44.2 Å². The van der Waals surface area contributed by atoms with E-state index < -0.39 is 6.04 Å². The van der Waals surface area contributed by atoms with Crippen LogP contribution in [0.15, 0.2) is 23.9 Å². The molecule has 0 amide bonds. The van der Waals surface area contributed by atoms with Gasteiger partial charge >= 0.3 is 0 Å². The minimum atomic E-state index is -0.527. The molecule has 0 bridgehead atoms. The Morgan fingerprint density at radius 3 is 2.40 bits per heavy atom. The van der Waals surface area contributed by atoms with Crippen LogP contribution in [-0.2, 0) is 0 Å². The second-order valence-electron chi connectivity index (χ2n) is 6.04. The highest BCUT2D eigenvalue weighted by Gasteiger charge is 2.28. The van der Waals surface area contributed by atoms with E-state index in [1.807, 2.05) is 12.2 Å². The SMILES string of the molecule is O=[N+]([O-])C1C=CC(N2CCC(N3CCCC3)CC2)=CC1. The van der Waals surface area contributed by atoms with Crippen molar-refractivity contribution in [3.63, 3.8) is 0 Å². The van der Waals surface area contributed by atoms with E-state index in [2.05, 4.69) is 9.80 Å². The lowest BCUT2D eigenvalue weighted by Crippen LogP contribution is -2.43. The van der Waals surface area contributed by atoms with Crippen LogP contribution in [0.4, 0.5) is 0 Å². The highest BCUT2D eigenvalue weighted by molar-refractivity contribution is 5.23. The summed E-state index contributed by atoms with van der Waals surface area (Å²) in [5.74, 6) is 0. The Balaban J connectivity index is 1.51. The summed E-state index contributed by atoms with van der Waals surface area (Å²) in [5.41, 5.74) is 1.18. The molecule has 1 unspecified atom stereocenters. The first-order chi connectivity index (χ1) is 9.74. The molecular formula is C15H23N3O2. The second-order valence-corrected chi connectivity index (χ2v) is 6.04. The van der Waals surface area contributed by atoms with E-state index in [4.69, 9.17) is 0 Å². The van der Waals surface area contributed by atoms with Crippen molar-refractivity contribution < 1.29 is 4.92 Å². The molecule has 2 fully saturated rings. The van der Waals surface area contributed by atoms with Gasteiger partial charge in [-0.25, -0.2) is 0 Å². The van der Waals surface area contributed by atoms with Gasteiger partial charge in [0, 0.05) is 36.2 Å². The zero-order valence-electron chi connectivity index (χ0n) is 11.9. The molecule has 1 aliphatic carbocycles. The van der Waals surface area contributed by atoms with Crippen LogP contribution in [0.3, 0.4) is 0 Å². The molecule has 1 atom stereocenters. The lowest BCUT2D eigenvalue weighted by atomic mass is 10.0. The van der Waals surface area contributed by atoms with E-state index in [9.17, 15) is 10.1 Å². The molecule has 110 valence electrons. The van der Waals surface area contributed by atoms with Crippen LogP contribution in [-0.4, -0.2) is 53.0 Å². The Labute approximate surface area is 120 Å². The monoisotopic (exact) mass is 277 g/mol. The van der Waals surface area contributed by atoms with Gasteiger partial charge in [0.05, 0.1) is 0 Å². The Morgan fingerprint density at radius 1 is 1.15 bits per heavy atom. The summed E-state index contributed by atoms with van der Waals surface area (Å²) in [5, 5.41) is 10.7. The Kier molecular flexibility index (Phi) is 4.05. The van der Waals surface area contributed by atoms with Gasteiger partial charge < -0.3 is 9.80 Å². The van der Waals surface area contributed by atoms with Crippen molar-refractivity contribution in [1.82, 2.24) is 9.80 Å². The van der Waals surface area contributed by atoms with Gasteiger partial charge in [-0.3, -0.25) is 10.1 Å². The number of nitrogens with zero attached hydrogens (tertiary/aromatic N) is 3. The average molecular weight is 277 g/mol. The van der Waals surface area contributed by atoms with Gasteiger partial charge in [-0.1, -0.05) is 6.08 Å². The molecule has 2 aliphatic heterocycles. The number of piperidine rings is 1. The van der Waals surface area contributed by atoms with Crippen LogP contribution in [0.25, 0.3) is 0 Å². The number of nitro groups is 1. The molecule has 5 heteroatoms. The van der Waals surface area contributed by atoms with Crippen LogP contribution in [0.5, 0.6) is 0 Å². The summed E-state index contributed by atoms with van der Waals surface area (Å²) >= 11 is 0. The van der Waals surface area contributed by atoms with Crippen LogP contribution in [0.1, 0.15) is 32.1 Å². The first-order valence-electron chi connectivity index (χ1n) is 7.75. The number of allylic oxidation sites excluding steroid dienone is 1. The van der Waals surface area contributed by atoms with Crippen LogP contribution < -0.4 is 0 Å². The van der Waals surface area contributed by atoms with E-state index >= 15 is 0 Å². The molecule has 0 N–H and O–H groups in total. The van der Waals surface area contributed by atoms with E-state index in [-0.39, 0.29) is 4.92 Å². The van der Waals surface area contributed by atoms with Gasteiger partial charge in [-0.15, -0.1) is 0 Å². The molecule has 5 nitrogen and oxygen atoms in total. The van der Waals surface area contributed by atoms with Crippen LogP contribution in [0, 0.1) is 10.1 Å². The van der Waals surface area contributed by atoms with Gasteiger partial charge in [-0.2, -0.15) is 0 Å². The topological polar surface area (TPSA) is 49.6 Å². The maximum atomic E-state index is 10.7. The minimum Gasteiger partial charge on any atom is -0.372 e. The van der Waals surface area contributed by atoms with Crippen molar-refractivity contribution >= 4 is 0 Å². The Hall–Kier alpha value is -1.36. The fourth-order valence-corrected chi connectivity index (χ4v) is 3.58. The van der Waals surface area contributed by atoms with E-state index in [1.54, 1.807) is 6.08 Å². The Bertz CT molecular complexity index is 419. The second kappa shape index (κ2) is 5.95. The molecule has 0 radical (unpaired) electrons. The zero-order valence-corrected chi connectivity index (χ0v) is 11.9. The molecule has 3 aliphatic rings. The van der Waals surface area contributed by atoms with E-state index in [0.717, 1.165) is 19.1 Å². The quantitative estimate of drug-likeness (QED) is 0.585. The predicted octanol–water partition coefficient (Wildman–Crippen LogP) is 2.04. The molecule has 20 heavy (non-hydrogen) atoms. The summed E-state index contributed by atoms with van der Waals surface area (Å²) in [4.78, 5) is 15.6. The summed E-state index contributed by atoms with van der Waals surface area (Å²) in [6, 6.07) is 0.231. The predicted molar refractivity (Wildman–Crippen MR) is 78.0 cm³/mol. The molecule has 0 aromatic heterocycles. The van der Waals surface area contributed by atoms with Crippen molar-refractivity contribution in [1.29, 1.82) is 0 Å². The van der Waals surface area contributed by atoms with Crippen molar-refractivity contribution in [2.24, 2.45) is 0 Å². The van der Waals surface area contributed by atoms with Gasteiger partial charge in [0.15, 0.2) is 0 Å². The standard InChI is InChI=1S/C15H23N3O2/c19-18(20)15-5-3-13(4-6-15)17-11-7-14(8-12-17)16-9-1-2-10-16/h3-5,14-15H,1-2,6-12H2. The molecule has 2 heterocycles. The molecule has 0 aromatic rings. The fraction of sp³-hybridized carbons (Fsp3) is 0.733. The zero-order chi connectivity index (χ0) is 13.9. The van der Waals surface area contributed by atoms with Gasteiger partial charge in [0.25, 0.3) is 0 Å². The summed E-state index contributed by atoms with van der Waals surface area (Å²) in [6.07, 6.45) is 11.4. The molecule has 0 saturated carbocycles. The summed E-state index contributed by atoms with van der Waals surface area (Å²) in [7, 11) is 0. The fourth-order valence-electron chi connectivity index (χ4n) is 3.58. The third kappa shape index (κ3) is 2.87. The van der Waals surface area contributed by atoms with Gasteiger partial charge in [0.1, 0.15) is 0 Å². The molecule has 3 rings (SSSR count). The van der Waals surface area contributed by atoms with Crippen LogP contribution in [0.2, 0.25) is 0 Å². The number of rotatable bonds is 3. The number of likely N-dealkylation sites (tertiary alicyclic amines) is 2. The number of hydrogen-bond donors (Lipinski definition) is 0. The van der Waals surface area contributed by atoms with Crippen molar-refractivity contribution in [2.75, 3.05) is 26.2 Å². The average Bonchev–Trinajstić information content (AvgIpc) is 3.02. The van der Waals surface area contributed by atoms with Gasteiger partial charge in [0.2, 0.25) is 6.04 Å². The first-order valence-corrected chi connectivity index (χ1v) is 7.75. The third-order valence-corrected chi connectivity index (χ3v) is 4.82. The number of hydrogen-bond acceptors (Lipinski definition) is 4. The van der Waals surface area contributed by atoms with E-state index in [0.29, 0.717) is 6.42 Å². The molecule has 0 spiro atoms. The minimum absolute atomic E-state index is 0.205. The highest BCUT2D eigenvalue weighted by atomic mass is 16.6. The smallest absolute Gasteiger partial charge is 0.235 e. The van der Waals surface area contributed by atoms with E-state index in [1.165, 1.54) is 44.5 Å². The maximum Gasteiger partial charge on any atom is 0.235 e. The molecule has 2 saturated heterocycles. The molecule has 0 aromatic carbocycles. The first kappa shape index (κ1) is 13.6. The van der Waals surface area contributed by atoms with Gasteiger partial charge in [-0.05, 0) is 50.9 Å².